The van der Waals surface area contributed by atoms with Crippen LogP contribution in [0.25, 0.3) is 0 Å². The number of aromatic nitrogens is 3. The Morgan fingerprint density at radius 3 is 3.18 bits per heavy atom. The molecule has 1 unspecified atom stereocenters. The van der Waals surface area contributed by atoms with Crippen LogP contribution in [0.4, 0.5) is 0 Å². The Labute approximate surface area is 100 Å². The first-order valence-electron chi connectivity index (χ1n) is 5.87. The Morgan fingerprint density at radius 1 is 1.71 bits per heavy atom. The van der Waals surface area contributed by atoms with Gasteiger partial charge < -0.3 is 10.5 Å². The van der Waals surface area contributed by atoms with Crippen molar-refractivity contribution in [2.75, 3.05) is 13.2 Å². The molecule has 1 fully saturated rings. The summed E-state index contributed by atoms with van der Waals surface area (Å²) in [5.41, 5.74) is 6.88. The molecule has 2 rings (SSSR count). The van der Waals surface area contributed by atoms with Crippen molar-refractivity contribution in [1.82, 2.24) is 15.0 Å². The third-order valence-electron chi connectivity index (χ3n) is 3.16. The monoisotopic (exact) mass is 235 g/mol. The number of nitrogens with two attached hydrogens (primary N) is 1. The van der Waals surface area contributed by atoms with Gasteiger partial charge in [0, 0.05) is 12.5 Å². The molecule has 17 heavy (non-hydrogen) atoms. The van der Waals surface area contributed by atoms with Gasteiger partial charge in [-0.25, -0.2) is 4.68 Å². The highest BCUT2D eigenvalue weighted by molar-refractivity contribution is 5.04. The average molecular weight is 235 g/mol. The summed E-state index contributed by atoms with van der Waals surface area (Å²) in [6, 6.07) is 1.64. The predicted octanol–water partition coefficient (Wildman–Crippen LogP) is 0.789. The van der Waals surface area contributed by atoms with Crippen LogP contribution >= 0.6 is 0 Å². The zero-order valence-corrected chi connectivity index (χ0v) is 9.91. The van der Waals surface area contributed by atoms with Gasteiger partial charge in [-0.05, 0) is 19.8 Å². The first kappa shape index (κ1) is 12.0. The van der Waals surface area contributed by atoms with E-state index in [0.29, 0.717) is 12.5 Å². The minimum absolute atomic E-state index is 0.157. The van der Waals surface area contributed by atoms with E-state index >= 15 is 0 Å². The lowest BCUT2D eigenvalue weighted by molar-refractivity contribution is 0.0442. The van der Waals surface area contributed by atoms with Gasteiger partial charge in [0.15, 0.2) is 0 Å². The van der Waals surface area contributed by atoms with E-state index in [1.165, 1.54) is 0 Å². The molecule has 0 radical (unpaired) electrons. The number of ether oxygens (including phenoxy) is 1. The van der Waals surface area contributed by atoms with Gasteiger partial charge in [0.25, 0.3) is 0 Å². The molecule has 92 valence electrons. The summed E-state index contributed by atoms with van der Waals surface area (Å²) in [6.45, 7) is 3.27. The Balaban J connectivity index is 2.06. The smallest absolute Gasteiger partial charge is 0.137 e. The highest BCUT2D eigenvalue weighted by atomic mass is 16.5. The van der Waals surface area contributed by atoms with Crippen LogP contribution in [0.2, 0.25) is 0 Å². The van der Waals surface area contributed by atoms with E-state index in [-0.39, 0.29) is 12.1 Å². The van der Waals surface area contributed by atoms with Crippen molar-refractivity contribution in [3.05, 3.63) is 11.9 Å². The Hall–Kier alpha value is -1.45. The molecule has 3 atom stereocenters. The van der Waals surface area contributed by atoms with Crippen molar-refractivity contribution in [3.8, 4) is 6.07 Å². The normalized spacial score (nSPS) is 23.9. The summed E-state index contributed by atoms with van der Waals surface area (Å²) in [7, 11) is 0. The van der Waals surface area contributed by atoms with Crippen LogP contribution in [0.1, 0.15) is 37.5 Å². The maximum Gasteiger partial charge on any atom is 0.137 e. The van der Waals surface area contributed by atoms with Crippen LogP contribution in [-0.4, -0.2) is 28.2 Å². The molecule has 6 nitrogen and oxygen atoms in total. The topological polar surface area (TPSA) is 89.8 Å². The average Bonchev–Trinajstić information content (AvgIpc) is 2.87. The van der Waals surface area contributed by atoms with E-state index in [4.69, 9.17) is 15.7 Å². The van der Waals surface area contributed by atoms with Gasteiger partial charge in [-0.1, -0.05) is 5.21 Å². The van der Waals surface area contributed by atoms with Crippen LogP contribution in [-0.2, 0) is 4.74 Å². The van der Waals surface area contributed by atoms with Gasteiger partial charge >= 0.3 is 0 Å². The lowest BCUT2D eigenvalue weighted by atomic mass is 9.93. The molecule has 0 aromatic carbocycles. The molecule has 6 heteroatoms. The van der Waals surface area contributed by atoms with Gasteiger partial charge in [0.05, 0.1) is 30.6 Å². The van der Waals surface area contributed by atoms with Crippen LogP contribution in [0, 0.1) is 17.2 Å². The van der Waals surface area contributed by atoms with Gasteiger partial charge in [0.2, 0.25) is 0 Å². The standard InChI is InChI=1S/C11H17N5O/c1-8(5-12)16-6-10(14-15-16)11(13)9-3-2-4-17-7-9/h6,8-9,11H,2-4,7,13H2,1H3/t8-,9?,11+/m1/s1. The fourth-order valence-corrected chi connectivity index (χ4v) is 1.98. The third-order valence-corrected chi connectivity index (χ3v) is 3.16. The zero-order chi connectivity index (χ0) is 12.3. The van der Waals surface area contributed by atoms with Crippen LogP contribution in [0.5, 0.6) is 0 Å². The minimum Gasteiger partial charge on any atom is -0.381 e. The fourth-order valence-electron chi connectivity index (χ4n) is 1.98. The van der Waals surface area contributed by atoms with Crippen molar-refractivity contribution >= 4 is 0 Å². The first-order chi connectivity index (χ1) is 8.22. The van der Waals surface area contributed by atoms with E-state index in [9.17, 15) is 0 Å². The molecule has 1 aromatic heterocycles. The van der Waals surface area contributed by atoms with Crippen molar-refractivity contribution in [3.63, 3.8) is 0 Å². The van der Waals surface area contributed by atoms with Crippen molar-refractivity contribution in [1.29, 1.82) is 5.26 Å². The SMILES string of the molecule is C[C@H](C#N)n1cc([C@@H](N)C2CCCOC2)nn1. The van der Waals surface area contributed by atoms with E-state index < -0.39 is 0 Å². The molecule has 1 aliphatic heterocycles. The number of hydrogen-bond donors (Lipinski definition) is 1. The summed E-state index contributed by atoms with van der Waals surface area (Å²) < 4.78 is 6.95. The lowest BCUT2D eigenvalue weighted by Gasteiger charge is -2.26. The maximum atomic E-state index is 8.79. The summed E-state index contributed by atoms with van der Waals surface area (Å²) >= 11 is 0. The molecular formula is C11H17N5O. The van der Waals surface area contributed by atoms with Gasteiger partial charge in [-0.3, -0.25) is 0 Å². The van der Waals surface area contributed by atoms with E-state index in [2.05, 4.69) is 16.4 Å². The van der Waals surface area contributed by atoms with Crippen molar-refractivity contribution < 1.29 is 4.74 Å². The second-order valence-electron chi connectivity index (χ2n) is 4.43. The van der Waals surface area contributed by atoms with Gasteiger partial charge in [-0.2, -0.15) is 5.26 Å². The summed E-state index contributed by atoms with van der Waals surface area (Å²) in [4.78, 5) is 0. The second kappa shape index (κ2) is 5.25. The summed E-state index contributed by atoms with van der Waals surface area (Å²) in [6.07, 6.45) is 3.86. The highest BCUT2D eigenvalue weighted by Crippen LogP contribution is 2.25. The van der Waals surface area contributed by atoms with E-state index in [1.807, 2.05) is 0 Å². The Kier molecular flexibility index (Phi) is 3.71. The molecule has 0 amide bonds. The minimum atomic E-state index is -0.314. The second-order valence-corrected chi connectivity index (χ2v) is 4.43. The van der Waals surface area contributed by atoms with E-state index in [1.54, 1.807) is 17.8 Å². The van der Waals surface area contributed by atoms with E-state index in [0.717, 1.165) is 25.1 Å². The molecule has 1 aromatic rings. The first-order valence-corrected chi connectivity index (χ1v) is 5.87. The largest absolute Gasteiger partial charge is 0.381 e. The van der Waals surface area contributed by atoms with Gasteiger partial charge in [0.1, 0.15) is 6.04 Å². The lowest BCUT2D eigenvalue weighted by Crippen LogP contribution is -2.29. The molecule has 2 heterocycles. The zero-order valence-electron chi connectivity index (χ0n) is 9.91. The molecule has 1 saturated heterocycles. The molecule has 0 saturated carbocycles. The molecular weight excluding hydrogens is 218 g/mol. The Morgan fingerprint density at radius 2 is 2.53 bits per heavy atom. The predicted molar refractivity (Wildman–Crippen MR) is 60.8 cm³/mol. The number of hydrogen-bond acceptors (Lipinski definition) is 5. The Bertz CT molecular complexity index is 404. The number of nitrogens with zero attached hydrogens (tertiary/aromatic N) is 4. The highest BCUT2D eigenvalue weighted by Gasteiger charge is 2.25. The summed E-state index contributed by atoms with van der Waals surface area (Å²) in [5.74, 6) is 0.297. The van der Waals surface area contributed by atoms with Crippen LogP contribution in [0.3, 0.4) is 0 Å². The third kappa shape index (κ3) is 2.62. The molecule has 1 aliphatic rings. The molecule has 0 bridgehead atoms. The van der Waals surface area contributed by atoms with Crippen LogP contribution < -0.4 is 5.73 Å². The maximum absolute atomic E-state index is 8.79. The quantitative estimate of drug-likeness (QED) is 0.836. The molecule has 2 N–H and O–H groups in total. The molecule has 0 aliphatic carbocycles. The van der Waals surface area contributed by atoms with Gasteiger partial charge in [-0.15, -0.1) is 5.10 Å². The number of nitriles is 1. The van der Waals surface area contributed by atoms with Crippen molar-refractivity contribution in [2.24, 2.45) is 11.7 Å². The fraction of sp³-hybridized carbons (Fsp3) is 0.727. The number of rotatable bonds is 3. The van der Waals surface area contributed by atoms with Crippen molar-refractivity contribution in [2.45, 2.75) is 31.8 Å². The molecule has 0 spiro atoms. The summed E-state index contributed by atoms with van der Waals surface area (Å²) in [5, 5.41) is 16.8. The van der Waals surface area contributed by atoms with Crippen LogP contribution in [0.15, 0.2) is 6.20 Å².